The number of nitrogens with zero attached hydrogens (tertiary/aromatic N) is 3. The zero-order valence-corrected chi connectivity index (χ0v) is 21.0. The number of rotatable bonds is 3. The molecule has 0 atom stereocenters. The molecule has 0 saturated carbocycles. The van der Waals surface area contributed by atoms with Gasteiger partial charge in [-0.2, -0.15) is 0 Å². The molecule has 166 valence electrons. The summed E-state index contributed by atoms with van der Waals surface area (Å²) >= 11 is 6.62. The number of H-pyrrole nitrogens is 1. The average molecular weight is 455 g/mol. The van der Waals surface area contributed by atoms with Gasteiger partial charge in [0.25, 0.3) is 0 Å². The van der Waals surface area contributed by atoms with E-state index in [0.717, 1.165) is 35.3 Å². The molecule has 1 aliphatic heterocycles. The highest BCUT2D eigenvalue weighted by Gasteiger charge is 2.37. The van der Waals surface area contributed by atoms with Crippen molar-refractivity contribution in [2.75, 3.05) is 11.4 Å². The number of nitrogens with one attached hydrogen (secondary N) is 1. The Hall–Kier alpha value is -2.72. The van der Waals surface area contributed by atoms with Gasteiger partial charge < -0.3 is 9.88 Å². The van der Waals surface area contributed by atoms with Crippen LogP contribution in [0.5, 0.6) is 0 Å². The lowest BCUT2D eigenvalue weighted by Crippen LogP contribution is -2.53. The van der Waals surface area contributed by atoms with Gasteiger partial charge in [0.05, 0.1) is 10.7 Å². The van der Waals surface area contributed by atoms with E-state index >= 15 is 0 Å². The van der Waals surface area contributed by atoms with Gasteiger partial charge in [-0.05, 0) is 60.2 Å². The summed E-state index contributed by atoms with van der Waals surface area (Å²) in [5.41, 5.74) is 10.5. The number of pyridine rings is 2. The summed E-state index contributed by atoms with van der Waals surface area (Å²) in [4.78, 5) is 15.3. The van der Waals surface area contributed by atoms with Crippen LogP contribution >= 0.6 is 11.6 Å². The maximum atomic E-state index is 6.62. The highest BCUT2D eigenvalue weighted by Crippen LogP contribution is 2.41. The number of aryl methyl sites for hydroxylation is 2. The molecule has 1 aliphatic rings. The van der Waals surface area contributed by atoms with Crippen molar-refractivity contribution in [3.8, 4) is 11.3 Å². The first-order valence-electron chi connectivity index (χ1n) is 11.7. The van der Waals surface area contributed by atoms with Gasteiger partial charge in [-0.25, -0.2) is 4.98 Å². The summed E-state index contributed by atoms with van der Waals surface area (Å²) < 4.78 is 0. The first-order valence-corrected chi connectivity index (χ1v) is 12.1. The fourth-order valence-corrected chi connectivity index (χ4v) is 5.70. The topological polar surface area (TPSA) is 44.8 Å². The Morgan fingerprint density at radius 1 is 1.12 bits per heavy atom. The summed E-state index contributed by atoms with van der Waals surface area (Å²) in [6.07, 6.45) is 4.51. The van der Waals surface area contributed by atoms with Crippen molar-refractivity contribution in [2.24, 2.45) is 0 Å². The summed E-state index contributed by atoms with van der Waals surface area (Å²) in [7, 11) is 4.65. The Bertz CT molecular complexity index is 1380. The van der Waals surface area contributed by atoms with Crippen LogP contribution in [0.25, 0.3) is 22.3 Å². The Kier molecular flexibility index (Phi) is 5.32. The van der Waals surface area contributed by atoms with Crippen molar-refractivity contribution in [1.82, 2.24) is 15.0 Å². The minimum Gasteiger partial charge on any atom is -0.377 e. The first kappa shape index (κ1) is 22.1. The first-order chi connectivity index (χ1) is 15.7. The molecule has 0 aliphatic carbocycles. The van der Waals surface area contributed by atoms with Crippen molar-refractivity contribution >= 4 is 44.0 Å². The number of hydrogen-bond acceptors (Lipinski definition) is 3. The number of halogens is 1. The Balaban J connectivity index is 1.63. The number of fused-ring (bicyclic) bond motifs is 2. The number of aromatic nitrogens is 3. The lowest BCUT2D eigenvalue weighted by molar-refractivity contribution is 0.642. The standard InChI is InChI=1S/C26H29B2ClN4/c1-14(2)17-6-5-15(3)22(12-17)33-10-8-20-24(26(33,27)28)16(4)11-21(32-20)23-18-7-9-30-25(18)31-13-19(23)29/h5-7,9,11-14H,8,10,27-28H2,1-4H3,(H,30,31). The Labute approximate surface area is 202 Å². The van der Waals surface area contributed by atoms with E-state index < -0.39 is 0 Å². The molecule has 0 unspecified atom stereocenters. The number of hydrogen-bond donors (Lipinski definition) is 1. The van der Waals surface area contributed by atoms with E-state index in [0.29, 0.717) is 10.9 Å². The van der Waals surface area contributed by atoms with E-state index in [4.69, 9.17) is 16.6 Å². The molecule has 1 N–H and O–H groups in total. The zero-order chi connectivity index (χ0) is 23.5. The molecule has 1 aromatic carbocycles. The van der Waals surface area contributed by atoms with E-state index in [-0.39, 0.29) is 5.34 Å². The highest BCUT2D eigenvalue weighted by atomic mass is 35.5. The normalized spacial score (nSPS) is 15.3. The number of aromatic amines is 1. The highest BCUT2D eigenvalue weighted by molar-refractivity contribution is 6.42. The minimum absolute atomic E-state index is 0.172. The second-order valence-electron chi connectivity index (χ2n) is 10.0. The quantitative estimate of drug-likeness (QED) is 0.465. The van der Waals surface area contributed by atoms with E-state index in [2.05, 4.69) is 82.5 Å². The largest absolute Gasteiger partial charge is 0.377 e. The van der Waals surface area contributed by atoms with Crippen LogP contribution < -0.4 is 4.90 Å². The third kappa shape index (κ3) is 3.56. The molecule has 0 radical (unpaired) electrons. The maximum absolute atomic E-state index is 6.62. The molecule has 7 heteroatoms. The lowest BCUT2D eigenvalue weighted by atomic mass is 9.54. The van der Waals surface area contributed by atoms with Crippen LogP contribution in [0.1, 0.15) is 47.7 Å². The summed E-state index contributed by atoms with van der Waals surface area (Å²) in [6.45, 7) is 9.86. The predicted octanol–water partition coefficient (Wildman–Crippen LogP) is 4.46. The zero-order valence-electron chi connectivity index (χ0n) is 20.3. The average Bonchev–Trinajstić information content (AvgIpc) is 3.22. The van der Waals surface area contributed by atoms with Crippen molar-refractivity contribution in [2.45, 2.75) is 45.4 Å². The fourth-order valence-electron chi connectivity index (χ4n) is 5.46. The number of benzene rings is 1. The van der Waals surface area contributed by atoms with Gasteiger partial charge in [0, 0.05) is 53.0 Å². The Morgan fingerprint density at radius 2 is 1.91 bits per heavy atom. The molecule has 5 rings (SSSR count). The molecule has 0 amide bonds. The molecular weight excluding hydrogens is 425 g/mol. The SMILES string of the molecule is BC1(B)c2c(C)cc(-c3c(Cl)cnc4[nH]ccc34)nc2CCN1c1cc(C(C)C)ccc1C. The monoisotopic (exact) mass is 454 g/mol. The second kappa shape index (κ2) is 7.95. The van der Waals surface area contributed by atoms with E-state index in [9.17, 15) is 0 Å². The van der Waals surface area contributed by atoms with E-state index in [1.54, 1.807) is 6.20 Å². The van der Waals surface area contributed by atoms with Gasteiger partial charge in [-0.1, -0.05) is 37.6 Å². The van der Waals surface area contributed by atoms with Crippen LogP contribution in [-0.4, -0.2) is 37.2 Å². The van der Waals surface area contributed by atoms with Gasteiger partial charge in [-0.15, -0.1) is 0 Å². The van der Waals surface area contributed by atoms with Gasteiger partial charge >= 0.3 is 0 Å². The van der Waals surface area contributed by atoms with Crippen LogP contribution in [0, 0.1) is 13.8 Å². The molecule has 0 saturated heterocycles. The van der Waals surface area contributed by atoms with Gasteiger partial charge in [0.15, 0.2) is 0 Å². The smallest absolute Gasteiger partial charge is 0.138 e. The molecule has 4 nitrogen and oxygen atoms in total. The predicted molar refractivity (Wildman–Crippen MR) is 144 cm³/mol. The Morgan fingerprint density at radius 3 is 2.67 bits per heavy atom. The van der Waals surface area contributed by atoms with Gasteiger partial charge in [0.1, 0.15) is 21.3 Å². The minimum atomic E-state index is -0.172. The summed E-state index contributed by atoms with van der Waals surface area (Å²) in [5.74, 6) is 0.505. The second-order valence-corrected chi connectivity index (χ2v) is 10.4. The lowest BCUT2D eigenvalue weighted by Gasteiger charge is -2.47. The van der Waals surface area contributed by atoms with Gasteiger partial charge in [-0.3, -0.25) is 4.98 Å². The molecule has 3 aromatic heterocycles. The van der Waals surface area contributed by atoms with Crippen molar-refractivity contribution in [3.05, 3.63) is 75.7 Å². The van der Waals surface area contributed by atoms with E-state index in [1.807, 2.05) is 12.3 Å². The van der Waals surface area contributed by atoms with Crippen LogP contribution in [0.2, 0.25) is 5.02 Å². The van der Waals surface area contributed by atoms with E-state index in [1.165, 1.54) is 33.6 Å². The number of anilines is 1. The molecule has 0 fully saturated rings. The van der Waals surface area contributed by atoms with Crippen LogP contribution in [0.4, 0.5) is 5.69 Å². The molecule has 4 aromatic rings. The molecule has 0 spiro atoms. The molecular formula is C26H29B2ClN4. The van der Waals surface area contributed by atoms with Crippen LogP contribution in [0.15, 0.2) is 42.7 Å². The fraction of sp³-hybridized carbons (Fsp3) is 0.308. The molecule has 33 heavy (non-hydrogen) atoms. The van der Waals surface area contributed by atoms with Crippen molar-refractivity contribution in [3.63, 3.8) is 0 Å². The van der Waals surface area contributed by atoms with Gasteiger partial charge in [0.2, 0.25) is 0 Å². The third-order valence-corrected chi connectivity index (χ3v) is 7.42. The van der Waals surface area contributed by atoms with Crippen molar-refractivity contribution < 1.29 is 0 Å². The van der Waals surface area contributed by atoms with Crippen LogP contribution in [0.3, 0.4) is 0 Å². The third-order valence-electron chi connectivity index (χ3n) is 7.14. The summed E-state index contributed by atoms with van der Waals surface area (Å²) in [5, 5.41) is 1.47. The maximum Gasteiger partial charge on any atom is 0.138 e. The van der Waals surface area contributed by atoms with Crippen molar-refractivity contribution in [1.29, 1.82) is 0 Å². The molecule has 0 bridgehead atoms. The summed E-state index contributed by atoms with van der Waals surface area (Å²) in [6, 6.07) is 11.1. The van der Waals surface area contributed by atoms with Crippen LogP contribution in [-0.2, 0) is 11.8 Å². The molecule has 4 heterocycles.